The van der Waals surface area contributed by atoms with Gasteiger partial charge in [-0.1, -0.05) is 0 Å². The van der Waals surface area contributed by atoms with Crippen LogP contribution in [0.5, 0.6) is 5.75 Å². The second kappa shape index (κ2) is 9.16. The van der Waals surface area contributed by atoms with E-state index in [1.807, 2.05) is 11.9 Å². The molecule has 8 heteroatoms. The van der Waals surface area contributed by atoms with Crippen LogP contribution in [0.1, 0.15) is 33.6 Å². The quantitative estimate of drug-likeness (QED) is 0.707. The third-order valence-electron chi connectivity index (χ3n) is 4.64. The summed E-state index contributed by atoms with van der Waals surface area (Å²) in [6.07, 6.45) is 3.89. The number of primary amides is 1. The first-order valence-corrected chi connectivity index (χ1v) is 10.1. The molecule has 0 radical (unpaired) electrons. The molecule has 2 amide bonds. The Kier molecular flexibility index (Phi) is 6.64. The highest BCUT2D eigenvalue weighted by atomic mass is 32.1. The standard InChI is InChI=1S/C20H24FN3O3S/c1-24(10-11-27-14-8-6-13(21)7-9-14)12-17(25)23-20-18(19(22)26)15-4-2-3-5-16(15)28-20/h6-9H,2-5,10-12H2,1H3,(H2,22,26)(H,23,25). The highest BCUT2D eigenvalue weighted by Gasteiger charge is 2.25. The van der Waals surface area contributed by atoms with Crippen molar-refractivity contribution in [2.45, 2.75) is 25.7 Å². The third-order valence-corrected chi connectivity index (χ3v) is 5.85. The number of hydrogen-bond acceptors (Lipinski definition) is 5. The maximum atomic E-state index is 12.9. The van der Waals surface area contributed by atoms with E-state index in [1.54, 1.807) is 12.1 Å². The average molecular weight is 405 g/mol. The molecule has 150 valence electrons. The number of carbonyl (C=O) groups excluding carboxylic acids is 2. The van der Waals surface area contributed by atoms with E-state index in [1.165, 1.54) is 23.5 Å². The molecule has 0 atom stereocenters. The summed E-state index contributed by atoms with van der Waals surface area (Å²) >= 11 is 1.46. The van der Waals surface area contributed by atoms with Gasteiger partial charge in [0.25, 0.3) is 5.91 Å². The van der Waals surface area contributed by atoms with Crippen molar-refractivity contribution in [2.75, 3.05) is 32.1 Å². The molecule has 1 aliphatic carbocycles. The molecule has 28 heavy (non-hydrogen) atoms. The summed E-state index contributed by atoms with van der Waals surface area (Å²) in [6.45, 7) is 1.05. The van der Waals surface area contributed by atoms with Crippen LogP contribution in [0.2, 0.25) is 0 Å². The van der Waals surface area contributed by atoms with E-state index >= 15 is 0 Å². The van der Waals surface area contributed by atoms with Crippen molar-refractivity contribution in [3.8, 4) is 5.75 Å². The number of nitrogens with two attached hydrogens (primary N) is 1. The van der Waals surface area contributed by atoms with Gasteiger partial charge in [0, 0.05) is 11.4 Å². The Labute approximate surface area is 167 Å². The van der Waals surface area contributed by atoms with Gasteiger partial charge in [0.05, 0.1) is 12.1 Å². The summed E-state index contributed by atoms with van der Waals surface area (Å²) in [5.41, 5.74) is 7.02. The molecule has 1 heterocycles. The monoisotopic (exact) mass is 405 g/mol. The fourth-order valence-electron chi connectivity index (χ4n) is 3.26. The van der Waals surface area contributed by atoms with Crippen LogP contribution in [0.25, 0.3) is 0 Å². The lowest BCUT2D eigenvalue weighted by Gasteiger charge is -2.16. The molecule has 1 aromatic carbocycles. The van der Waals surface area contributed by atoms with Crippen molar-refractivity contribution in [1.82, 2.24) is 4.90 Å². The van der Waals surface area contributed by atoms with Gasteiger partial charge >= 0.3 is 0 Å². The summed E-state index contributed by atoms with van der Waals surface area (Å²) < 4.78 is 18.4. The maximum Gasteiger partial charge on any atom is 0.251 e. The lowest BCUT2D eigenvalue weighted by atomic mass is 9.95. The average Bonchev–Trinajstić information content (AvgIpc) is 3.01. The van der Waals surface area contributed by atoms with Gasteiger partial charge in [0.15, 0.2) is 0 Å². The van der Waals surface area contributed by atoms with E-state index in [4.69, 9.17) is 10.5 Å². The van der Waals surface area contributed by atoms with Crippen LogP contribution in [0.15, 0.2) is 24.3 Å². The van der Waals surface area contributed by atoms with Crippen LogP contribution in [-0.4, -0.2) is 43.5 Å². The molecule has 0 aliphatic heterocycles. The number of thiophene rings is 1. The molecule has 0 bridgehead atoms. The predicted octanol–water partition coefficient (Wildman–Crippen LogP) is 2.81. The van der Waals surface area contributed by atoms with Gasteiger partial charge in [0.2, 0.25) is 5.91 Å². The van der Waals surface area contributed by atoms with E-state index in [0.717, 1.165) is 36.1 Å². The van der Waals surface area contributed by atoms with Gasteiger partial charge in [-0.05, 0) is 62.6 Å². The molecule has 3 N–H and O–H groups in total. The zero-order valence-corrected chi connectivity index (χ0v) is 16.6. The van der Waals surface area contributed by atoms with Crippen LogP contribution >= 0.6 is 11.3 Å². The first-order valence-electron chi connectivity index (χ1n) is 9.25. The first kappa shape index (κ1) is 20.3. The highest BCUT2D eigenvalue weighted by Crippen LogP contribution is 2.37. The van der Waals surface area contributed by atoms with Crippen molar-refractivity contribution >= 4 is 28.2 Å². The predicted molar refractivity (Wildman–Crippen MR) is 108 cm³/mol. The Morgan fingerprint density at radius 2 is 1.96 bits per heavy atom. The molecule has 6 nitrogen and oxygen atoms in total. The Hall–Kier alpha value is -2.45. The minimum absolute atomic E-state index is 0.160. The number of benzene rings is 1. The van der Waals surface area contributed by atoms with E-state index in [-0.39, 0.29) is 18.3 Å². The van der Waals surface area contributed by atoms with Crippen LogP contribution in [0, 0.1) is 5.82 Å². The van der Waals surface area contributed by atoms with Gasteiger partial charge in [0.1, 0.15) is 23.2 Å². The second-order valence-electron chi connectivity index (χ2n) is 6.87. The molecule has 0 saturated heterocycles. The lowest BCUT2D eigenvalue weighted by molar-refractivity contribution is -0.117. The van der Waals surface area contributed by atoms with Gasteiger partial charge in [-0.15, -0.1) is 11.3 Å². The summed E-state index contributed by atoms with van der Waals surface area (Å²) in [5.74, 6) is -0.428. The van der Waals surface area contributed by atoms with E-state index in [0.29, 0.717) is 29.5 Å². The highest BCUT2D eigenvalue weighted by molar-refractivity contribution is 7.17. The molecule has 0 saturated carbocycles. The van der Waals surface area contributed by atoms with Crippen LogP contribution < -0.4 is 15.8 Å². The molecular formula is C20H24FN3O3S. The van der Waals surface area contributed by atoms with Crippen LogP contribution in [0.4, 0.5) is 9.39 Å². The molecule has 0 unspecified atom stereocenters. The molecule has 3 rings (SSSR count). The summed E-state index contributed by atoms with van der Waals surface area (Å²) in [6, 6.07) is 5.80. The maximum absolute atomic E-state index is 12.9. The molecule has 1 aliphatic rings. The van der Waals surface area contributed by atoms with Gasteiger partial charge in [-0.3, -0.25) is 14.5 Å². The Morgan fingerprint density at radius 1 is 1.25 bits per heavy atom. The van der Waals surface area contributed by atoms with Gasteiger partial charge in [-0.25, -0.2) is 4.39 Å². The number of aryl methyl sites for hydroxylation is 1. The van der Waals surface area contributed by atoms with E-state index in [2.05, 4.69) is 5.32 Å². The number of likely N-dealkylation sites (N-methyl/N-ethyl adjacent to an activating group) is 1. The van der Waals surface area contributed by atoms with E-state index < -0.39 is 5.91 Å². The SMILES string of the molecule is CN(CCOc1ccc(F)cc1)CC(=O)Nc1sc2c(c1C(N)=O)CCCC2. The number of hydrogen-bond donors (Lipinski definition) is 2. The third kappa shape index (κ3) is 5.08. The molecule has 2 aromatic rings. The zero-order chi connectivity index (χ0) is 20.1. The number of nitrogens with one attached hydrogen (secondary N) is 1. The second-order valence-corrected chi connectivity index (χ2v) is 7.97. The Balaban J connectivity index is 1.51. The number of amides is 2. The Morgan fingerprint density at radius 3 is 2.68 bits per heavy atom. The number of rotatable bonds is 8. The number of nitrogens with zero attached hydrogens (tertiary/aromatic N) is 1. The summed E-state index contributed by atoms with van der Waals surface area (Å²) in [4.78, 5) is 27.2. The number of halogens is 1. The zero-order valence-electron chi connectivity index (χ0n) is 15.8. The molecule has 0 spiro atoms. The van der Waals surface area contributed by atoms with Crippen molar-refractivity contribution < 1.29 is 18.7 Å². The minimum atomic E-state index is -0.490. The van der Waals surface area contributed by atoms with Crippen LogP contribution in [-0.2, 0) is 17.6 Å². The number of ether oxygens (including phenoxy) is 1. The Bertz CT molecular complexity index is 851. The summed E-state index contributed by atoms with van der Waals surface area (Å²) in [5, 5.41) is 3.40. The van der Waals surface area contributed by atoms with Crippen molar-refractivity contribution in [3.05, 3.63) is 46.1 Å². The number of anilines is 1. The van der Waals surface area contributed by atoms with Crippen LogP contribution in [0.3, 0.4) is 0 Å². The van der Waals surface area contributed by atoms with Crippen molar-refractivity contribution in [2.24, 2.45) is 5.73 Å². The number of carbonyl (C=O) groups is 2. The van der Waals surface area contributed by atoms with Crippen molar-refractivity contribution in [1.29, 1.82) is 0 Å². The van der Waals surface area contributed by atoms with Gasteiger partial charge in [-0.2, -0.15) is 0 Å². The van der Waals surface area contributed by atoms with Gasteiger partial charge < -0.3 is 15.8 Å². The fourth-order valence-corrected chi connectivity index (χ4v) is 4.57. The molecule has 0 fully saturated rings. The van der Waals surface area contributed by atoms with Crippen molar-refractivity contribution in [3.63, 3.8) is 0 Å². The minimum Gasteiger partial charge on any atom is -0.492 e. The molecule has 1 aromatic heterocycles. The topological polar surface area (TPSA) is 84.7 Å². The smallest absolute Gasteiger partial charge is 0.251 e. The van der Waals surface area contributed by atoms with E-state index in [9.17, 15) is 14.0 Å². The summed E-state index contributed by atoms with van der Waals surface area (Å²) in [7, 11) is 1.81. The first-order chi connectivity index (χ1) is 13.4. The largest absolute Gasteiger partial charge is 0.492 e. The normalized spacial score (nSPS) is 13.2. The molecular weight excluding hydrogens is 381 g/mol. The number of fused-ring (bicyclic) bond motifs is 1. The lowest BCUT2D eigenvalue weighted by Crippen LogP contribution is -2.33. The fraction of sp³-hybridized carbons (Fsp3) is 0.400.